The summed E-state index contributed by atoms with van der Waals surface area (Å²) in [4.78, 5) is 12.2. The van der Waals surface area contributed by atoms with Gasteiger partial charge in [0.25, 0.3) is 0 Å². The summed E-state index contributed by atoms with van der Waals surface area (Å²) in [7, 11) is -10.4. The van der Waals surface area contributed by atoms with Gasteiger partial charge in [0, 0.05) is 24.0 Å². The summed E-state index contributed by atoms with van der Waals surface area (Å²) in [6.45, 7) is -1.85. The number of benzene rings is 3. The summed E-state index contributed by atoms with van der Waals surface area (Å²) < 4.78 is 91.0. The number of nitrogens with one attached hydrogen (secondary N) is 1. The largest absolute Gasteiger partial charge is 0.511 e. The Morgan fingerprint density at radius 3 is 2.00 bits per heavy atom. The number of halogens is 4. The maximum Gasteiger partial charge on any atom is 0.511 e. The van der Waals surface area contributed by atoms with E-state index in [-0.39, 0.29) is 11.3 Å². The lowest BCUT2D eigenvalue weighted by Gasteiger charge is -2.29. The Bertz CT molecular complexity index is 1570. The molecule has 0 bridgehead atoms. The average Bonchev–Trinajstić information content (AvgIpc) is 3.64. The molecule has 1 aliphatic rings. The van der Waals surface area contributed by atoms with Crippen LogP contribution in [0.25, 0.3) is 11.1 Å². The Morgan fingerprint density at radius 2 is 1.49 bits per heavy atom. The normalized spacial score (nSPS) is 19.7. The van der Waals surface area contributed by atoms with Crippen LogP contribution in [0.3, 0.4) is 0 Å². The second kappa shape index (κ2) is 10.5. The van der Waals surface area contributed by atoms with Gasteiger partial charge in [-0.15, -0.1) is 0 Å². The predicted octanol–water partition coefficient (Wildman–Crippen LogP) is 4.45. The Hall–Kier alpha value is -2.97. The molecule has 39 heavy (non-hydrogen) atoms. The van der Waals surface area contributed by atoms with E-state index in [2.05, 4.69) is 0 Å². The molecule has 1 aliphatic carbocycles. The fourth-order valence-electron chi connectivity index (χ4n) is 4.44. The number of nitrogens with zero attached hydrogens (tertiary/aromatic N) is 1. The molecule has 2 atom stereocenters. The zero-order chi connectivity index (χ0) is 28.6. The Morgan fingerprint density at radius 1 is 0.949 bits per heavy atom. The standard InChI is InChI=1S/C25H22ClF3N2O6S2/c26-20-10-6-17(7-11-20)18-8-12-21(13-9-18)38(34,35)31(15-14-30-39(36,37)25(27,28)29)24(23(32)33)16-22(24)19-4-2-1-3-5-19/h1-13,22,30H,14-16H2,(H,32,33)/t22-,24+/m0/s1. The minimum atomic E-state index is -5.78. The number of carboxylic acids is 1. The molecule has 0 aromatic heterocycles. The van der Waals surface area contributed by atoms with Crippen LogP contribution in [0.5, 0.6) is 0 Å². The van der Waals surface area contributed by atoms with Crippen LogP contribution in [0.15, 0.2) is 83.8 Å². The molecule has 8 nitrogen and oxygen atoms in total. The molecule has 0 unspecified atom stereocenters. The molecule has 0 radical (unpaired) electrons. The third-order valence-electron chi connectivity index (χ3n) is 6.48. The number of rotatable bonds is 10. The quantitative estimate of drug-likeness (QED) is 0.354. The van der Waals surface area contributed by atoms with Gasteiger partial charge >= 0.3 is 21.5 Å². The van der Waals surface area contributed by atoms with Crippen LogP contribution in [0.2, 0.25) is 5.02 Å². The lowest BCUT2D eigenvalue weighted by Crippen LogP contribution is -2.51. The van der Waals surface area contributed by atoms with Crippen molar-refractivity contribution in [2.75, 3.05) is 13.1 Å². The zero-order valence-corrected chi connectivity index (χ0v) is 22.4. The molecule has 208 valence electrons. The number of hydrogen-bond donors (Lipinski definition) is 2. The van der Waals surface area contributed by atoms with Crippen molar-refractivity contribution in [3.05, 3.63) is 89.4 Å². The van der Waals surface area contributed by atoms with E-state index in [0.29, 0.717) is 20.5 Å². The molecule has 0 spiro atoms. The lowest BCUT2D eigenvalue weighted by molar-refractivity contribution is -0.143. The minimum absolute atomic E-state index is 0.152. The predicted molar refractivity (Wildman–Crippen MR) is 138 cm³/mol. The second-order valence-electron chi connectivity index (χ2n) is 8.85. The summed E-state index contributed by atoms with van der Waals surface area (Å²) in [5.41, 5.74) is -5.76. The van der Waals surface area contributed by atoms with E-state index in [9.17, 15) is 39.9 Å². The van der Waals surface area contributed by atoms with Gasteiger partial charge < -0.3 is 5.11 Å². The van der Waals surface area contributed by atoms with E-state index in [4.69, 9.17) is 11.6 Å². The van der Waals surface area contributed by atoms with Crippen molar-refractivity contribution in [2.24, 2.45) is 0 Å². The van der Waals surface area contributed by atoms with Crippen molar-refractivity contribution in [2.45, 2.75) is 28.3 Å². The SMILES string of the molecule is O=C(O)[C@@]1(N(CCNS(=O)(=O)C(F)(F)F)S(=O)(=O)c2ccc(-c3ccc(Cl)cc3)cc2)C[C@H]1c1ccccc1. The van der Waals surface area contributed by atoms with Crippen molar-refractivity contribution in [3.8, 4) is 11.1 Å². The zero-order valence-electron chi connectivity index (χ0n) is 20.0. The van der Waals surface area contributed by atoms with Crippen LogP contribution in [-0.4, -0.2) is 56.4 Å². The monoisotopic (exact) mass is 602 g/mol. The third kappa shape index (κ3) is 5.68. The van der Waals surface area contributed by atoms with Crippen LogP contribution < -0.4 is 4.72 Å². The highest BCUT2D eigenvalue weighted by Crippen LogP contribution is 2.57. The van der Waals surface area contributed by atoms with E-state index in [0.717, 1.165) is 5.56 Å². The molecule has 4 rings (SSSR count). The summed E-state index contributed by atoms with van der Waals surface area (Å²) in [6.07, 6.45) is -0.152. The first kappa shape index (κ1) is 29.0. The highest BCUT2D eigenvalue weighted by molar-refractivity contribution is 7.90. The Balaban J connectivity index is 1.71. The maximum absolute atomic E-state index is 13.8. The van der Waals surface area contributed by atoms with Crippen molar-refractivity contribution >= 4 is 37.6 Å². The summed E-state index contributed by atoms with van der Waals surface area (Å²) >= 11 is 5.91. The summed E-state index contributed by atoms with van der Waals surface area (Å²) in [5, 5.41) is 10.7. The van der Waals surface area contributed by atoms with Gasteiger partial charge in [0.15, 0.2) is 0 Å². The molecular formula is C25H22ClF3N2O6S2. The highest BCUT2D eigenvalue weighted by Gasteiger charge is 2.67. The van der Waals surface area contributed by atoms with E-state index in [1.165, 1.54) is 29.0 Å². The molecule has 3 aromatic rings. The molecular weight excluding hydrogens is 581 g/mol. The van der Waals surface area contributed by atoms with E-state index in [1.54, 1.807) is 54.6 Å². The molecule has 0 heterocycles. The lowest BCUT2D eigenvalue weighted by atomic mass is 10.1. The van der Waals surface area contributed by atoms with Gasteiger partial charge in [-0.3, -0.25) is 4.79 Å². The summed E-state index contributed by atoms with van der Waals surface area (Å²) in [5.74, 6) is -2.31. The molecule has 0 amide bonds. The molecule has 14 heteroatoms. The van der Waals surface area contributed by atoms with E-state index >= 15 is 0 Å². The smallest absolute Gasteiger partial charge is 0.480 e. The number of hydrogen-bond acceptors (Lipinski definition) is 5. The summed E-state index contributed by atoms with van der Waals surface area (Å²) in [6, 6.07) is 20.5. The molecule has 0 saturated heterocycles. The minimum Gasteiger partial charge on any atom is -0.480 e. The van der Waals surface area contributed by atoms with Crippen LogP contribution >= 0.6 is 11.6 Å². The maximum atomic E-state index is 13.8. The van der Waals surface area contributed by atoms with Crippen LogP contribution in [-0.2, 0) is 24.8 Å². The molecule has 1 saturated carbocycles. The first-order chi connectivity index (χ1) is 18.2. The van der Waals surface area contributed by atoms with Gasteiger partial charge in [0.05, 0.1) is 4.90 Å². The Labute approximate surface area is 228 Å². The van der Waals surface area contributed by atoms with Crippen molar-refractivity contribution in [1.82, 2.24) is 9.03 Å². The van der Waals surface area contributed by atoms with Gasteiger partial charge in [-0.2, -0.15) is 17.5 Å². The number of carboxylic acid groups (broad SMARTS) is 1. The van der Waals surface area contributed by atoms with Crippen LogP contribution in [0, 0.1) is 0 Å². The molecule has 0 aliphatic heterocycles. The molecule has 2 N–H and O–H groups in total. The topological polar surface area (TPSA) is 121 Å². The van der Waals surface area contributed by atoms with E-state index in [1.807, 2.05) is 0 Å². The number of sulfonamides is 2. The van der Waals surface area contributed by atoms with Crippen molar-refractivity contribution in [1.29, 1.82) is 0 Å². The van der Waals surface area contributed by atoms with Gasteiger partial charge in [0.1, 0.15) is 5.54 Å². The van der Waals surface area contributed by atoms with Crippen LogP contribution in [0.1, 0.15) is 17.9 Å². The average molecular weight is 603 g/mol. The molecule has 1 fully saturated rings. The van der Waals surface area contributed by atoms with Crippen molar-refractivity contribution in [3.63, 3.8) is 0 Å². The first-order valence-electron chi connectivity index (χ1n) is 11.4. The van der Waals surface area contributed by atoms with Gasteiger partial charge in [-0.05, 0) is 47.4 Å². The number of alkyl halides is 3. The number of carbonyl (C=O) groups is 1. The van der Waals surface area contributed by atoms with E-state index < -0.39 is 56.1 Å². The fraction of sp³-hybridized carbons (Fsp3) is 0.240. The fourth-order valence-corrected chi connectivity index (χ4v) is 6.86. The Kier molecular flexibility index (Phi) is 7.85. The van der Waals surface area contributed by atoms with Gasteiger partial charge in [0.2, 0.25) is 10.0 Å². The highest BCUT2D eigenvalue weighted by atomic mass is 35.5. The number of aliphatic carboxylic acids is 1. The molecule has 3 aromatic carbocycles. The van der Waals surface area contributed by atoms with Gasteiger partial charge in [-0.25, -0.2) is 21.6 Å². The first-order valence-corrected chi connectivity index (χ1v) is 14.7. The van der Waals surface area contributed by atoms with Crippen LogP contribution in [0.4, 0.5) is 13.2 Å². The second-order valence-corrected chi connectivity index (χ2v) is 12.9. The van der Waals surface area contributed by atoms with Crippen molar-refractivity contribution < 1.29 is 39.9 Å². The third-order valence-corrected chi connectivity index (χ3v) is 9.88. The van der Waals surface area contributed by atoms with Gasteiger partial charge in [-0.1, -0.05) is 66.2 Å².